The molecule has 1 unspecified atom stereocenters. The molecule has 0 spiro atoms. The van der Waals surface area contributed by atoms with E-state index in [9.17, 15) is 14.7 Å². The summed E-state index contributed by atoms with van der Waals surface area (Å²) >= 11 is 0. The van der Waals surface area contributed by atoms with E-state index >= 15 is 0 Å². The van der Waals surface area contributed by atoms with Crippen molar-refractivity contribution in [2.75, 3.05) is 0 Å². The minimum absolute atomic E-state index is 0.251. The third-order valence-corrected chi connectivity index (χ3v) is 5.66. The van der Waals surface area contributed by atoms with Gasteiger partial charge in [0.15, 0.2) is 0 Å². The van der Waals surface area contributed by atoms with Crippen LogP contribution in [-0.2, 0) is 9.59 Å². The molecule has 0 heterocycles. The molecule has 4 nitrogen and oxygen atoms in total. The number of carbonyl (C=O) groups is 2. The molecule has 0 aliphatic heterocycles. The Bertz CT molecular complexity index is 442. The fourth-order valence-corrected chi connectivity index (χ4v) is 3.94. The molecule has 0 bridgehead atoms. The second-order valence-corrected chi connectivity index (χ2v) is 8.36. The van der Waals surface area contributed by atoms with Gasteiger partial charge in [-0.1, -0.05) is 103 Å². The average molecular weight is 411 g/mol. The molecule has 0 aromatic carbocycles. The van der Waals surface area contributed by atoms with Crippen LogP contribution in [0.25, 0.3) is 0 Å². The van der Waals surface area contributed by atoms with E-state index in [2.05, 4.69) is 19.9 Å². The number of rotatable bonds is 21. The van der Waals surface area contributed by atoms with Gasteiger partial charge in [0.1, 0.15) is 0 Å². The number of unbranched alkanes of at least 4 members (excludes halogenated alkanes) is 12. The Hall–Kier alpha value is -1.32. The number of hydrogen-bond donors (Lipinski definition) is 2. The van der Waals surface area contributed by atoms with Crippen LogP contribution >= 0.6 is 0 Å². The van der Waals surface area contributed by atoms with Crippen molar-refractivity contribution < 1.29 is 19.8 Å². The van der Waals surface area contributed by atoms with Crippen molar-refractivity contribution in [3.05, 3.63) is 11.6 Å². The molecule has 0 fully saturated rings. The van der Waals surface area contributed by atoms with Gasteiger partial charge in [0.2, 0.25) is 0 Å². The van der Waals surface area contributed by atoms with Gasteiger partial charge in [0.05, 0.1) is 5.92 Å². The van der Waals surface area contributed by atoms with Gasteiger partial charge in [0, 0.05) is 6.42 Å². The third-order valence-electron chi connectivity index (χ3n) is 5.66. The third kappa shape index (κ3) is 17.3. The monoisotopic (exact) mass is 410 g/mol. The van der Waals surface area contributed by atoms with E-state index in [1.54, 1.807) is 0 Å². The molecule has 0 amide bonds. The van der Waals surface area contributed by atoms with Crippen molar-refractivity contribution >= 4 is 11.9 Å². The van der Waals surface area contributed by atoms with Crippen LogP contribution in [0.15, 0.2) is 11.6 Å². The zero-order chi connectivity index (χ0) is 21.7. The summed E-state index contributed by atoms with van der Waals surface area (Å²) in [6.07, 6.45) is 20.9. The molecule has 29 heavy (non-hydrogen) atoms. The molecule has 0 rings (SSSR count). The van der Waals surface area contributed by atoms with Crippen LogP contribution < -0.4 is 0 Å². The van der Waals surface area contributed by atoms with E-state index in [4.69, 9.17) is 5.11 Å². The van der Waals surface area contributed by atoms with Crippen molar-refractivity contribution in [1.82, 2.24) is 0 Å². The number of carboxylic acids is 2. The van der Waals surface area contributed by atoms with Gasteiger partial charge >= 0.3 is 11.9 Å². The highest BCUT2D eigenvalue weighted by atomic mass is 16.4. The molecule has 0 aliphatic rings. The van der Waals surface area contributed by atoms with E-state index in [1.807, 2.05) is 0 Å². The molecule has 170 valence electrons. The van der Waals surface area contributed by atoms with Crippen molar-refractivity contribution in [3.8, 4) is 0 Å². The number of carboxylic acid groups (broad SMARTS) is 2. The van der Waals surface area contributed by atoms with Crippen molar-refractivity contribution in [2.45, 2.75) is 129 Å². The summed E-state index contributed by atoms with van der Waals surface area (Å²) in [6, 6.07) is 0. The Balaban J connectivity index is 4.09. The summed E-state index contributed by atoms with van der Waals surface area (Å²) < 4.78 is 0. The lowest BCUT2D eigenvalue weighted by atomic mass is 9.88. The summed E-state index contributed by atoms with van der Waals surface area (Å²) in [5.74, 6) is -1.73. The molecule has 4 heteroatoms. The molecule has 2 N–H and O–H groups in total. The highest BCUT2D eigenvalue weighted by Crippen LogP contribution is 2.25. The van der Waals surface area contributed by atoms with Crippen LogP contribution in [0, 0.1) is 5.92 Å². The molecule has 0 saturated heterocycles. The van der Waals surface area contributed by atoms with Crippen LogP contribution in [0.4, 0.5) is 0 Å². The van der Waals surface area contributed by atoms with Crippen molar-refractivity contribution in [3.63, 3.8) is 0 Å². The van der Waals surface area contributed by atoms with Gasteiger partial charge in [-0.25, -0.2) is 0 Å². The minimum Gasteiger partial charge on any atom is -0.481 e. The predicted molar refractivity (Wildman–Crippen MR) is 121 cm³/mol. The highest BCUT2D eigenvalue weighted by Gasteiger charge is 2.21. The van der Waals surface area contributed by atoms with Gasteiger partial charge in [-0.15, -0.1) is 0 Å². The molecule has 0 radical (unpaired) electrons. The zero-order valence-corrected chi connectivity index (χ0v) is 19.1. The first-order chi connectivity index (χ1) is 14.0. The predicted octanol–water partition coefficient (Wildman–Crippen LogP) is 7.76. The van der Waals surface area contributed by atoms with Gasteiger partial charge in [0.25, 0.3) is 0 Å². The Morgan fingerprint density at radius 2 is 1.17 bits per heavy atom. The second-order valence-electron chi connectivity index (χ2n) is 8.36. The van der Waals surface area contributed by atoms with Gasteiger partial charge in [-0.05, 0) is 32.1 Å². The molecular formula is C25H46O4. The molecule has 0 aromatic rings. The summed E-state index contributed by atoms with van der Waals surface area (Å²) in [4.78, 5) is 22.3. The van der Waals surface area contributed by atoms with Crippen LogP contribution in [0.1, 0.15) is 129 Å². The van der Waals surface area contributed by atoms with Gasteiger partial charge < -0.3 is 10.2 Å². The summed E-state index contributed by atoms with van der Waals surface area (Å²) in [7, 11) is 0. The highest BCUT2D eigenvalue weighted by molar-refractivity contribution is 5.73. The SMILES string of the molecule is CCC=C(CCCCCCCC(=O)O)C(CCCCCCCCCCC)C(=O)O. The lowest BCUT2D eigenvalue weighted by Gasteiger charge is -2.17. The standard InChI is InChI=1S/C25H46O4/c1-3-5-6-7-8-9-10-13-16-20-23(25(28)29)22(18-4-2)19-15-12-11-14-17-21-24(26)27/h18,23H,3-17,19-21H2,1-2H3,(H,26,27)(H,28,29). The number of aliphatic carboxylic acids is 2. The van der Waals surface area contributed by atoms with E-state index < -0.39 is 11.9 Å². The first-order valence-electron chi connectivity index (χ1n) is 12.2. The quantitative estimate of drug-likeness (QED) is 0.150. The van der Waals surface area contributed by atoms with Crippen molar-refractivity contribution in [2.24, 2.45) is 5.92 Å². The lowest BCUT2D eigenvalue weighted by Crippen LogP contribution is -2.16. The maximum absolute atomic E-state index is 11.8. The molecule has 0 aliphatic carbocycles. The number of allylic oxidation sites excluding steroid dienone is 1. The number of hydrogen-bond acceptors (Lipinski definition) is 2. The Labute approximate surface area is 179 Å². The lowest BCUT2D eigenvalue weighted by molar-refractivity contribution is -0.141. The average Bonchev–Trinajstić information content (AvgIpc) is 2.67. The van der Waals surface area contributed by atoms with E-state index in [1.165, 1.54) is 44.9 Å². The second kappa shape index (κ2) is 20.0. The van der Waals surface area contributed by atoms with Crippen LogP contribution in [-0.4, -0.2) is 22.2 Å². The summed E-state index contributed by atoms with van der Waals surface area (Å²) in [5.41, 5.74) is 1.10. The molecule has 0 saturated carbocycles. The minimum atomic E-state index is -0.723. The van der Waals surface area contributed by atoms with Crippen LogP contribution in [0.2, 0.25) is 0 Å². The first kappa shape index (κ1) is 27.7. The zero-order valence-electron chi connectivity index (χ0n) is 19.1. The Morgan fingerprint density at radius 1 is 0.690 bits per heavy atom. The van der Waals surface area contributed by atoms with Gasteiger partial charge in [-0.2, -0.15) is 0 Å². The normalized spacial score (nSPS) is 12.8. The fourth-order valence-electron chi connectivity index (χ4n) is 3.94. The largest absolute Gasteiger partial charge is 0.481 e. The van der Waals surface area contributed by atoms with Gasteiger partial charge in [-0.3, -0.25) is 9.59 Å². The Morgan fingerprint density at radius 3 is 1.66 bits per heavy atom. The maximum atomic E-state index is 11.8. The Kier molecular flexibility index (Phi) is 19.1. The van der Waals surface area contributed by atoms with E-state index in [0.717, 1.165) is 69.8 Å². The van der Waals surface area contributed by atoms with Crippen molar-refractivity contribution in [1.29, 1.82) is 0 Å². The molecule has 0 aromatic heterocycles. The van der Waals surface area contributed by atoms with E-state index in [-0.39, 0.29) is 12.3 Å². The molecule has 1 atom stereocenters. The van der Waals surface area contributed by atoms with Crippen LogP contribution in [0.5, 0.6) is 0 Å². The van der Waals surface area contributed by atoms with E-state index in [0.29, 0.717) is 0 Å². The topological polar surface area (TPSA) is 74.6 Å². The fraction of sp³-hybridized carbons (Fsp3) is 0.840. The first-order valence-corrected chi connectivity index (χ1v) is 12.2. The smallest absolute Gasteiger partial charge is 0.310 e. The molecular weight excluding hydrogens is 364 g/mol. The maximum Gasteiger partial charge on any atom is 0.310 e. The summed E-state index contributed by atoms with van der Waals surface area (Å²) in [6.45, 7) is 4.31. The van der Waals surface area contributed by atoms with Crippen LogP contribution in [0.3, 0.4) is 0 Å². The summed E-state index contributed by atoms with van der Waals surface area (Å²) in [5, 5.41) is 18.4.